The summed E-state index contributed by atoms with van der Waals surface area (Å²) in [6.07, 6.45) is 9.00. The molecule has 1 aliphatic heterocycles. The molecule has 1 saturated heterocycles. The molecule has 1 N–H and O–H groups in total. The second-order valence-corrected chi connectivity index (χ2v) is 9.38. The summed E-state index contributed by atoms with van der Waals surface area (Å²) in [5, 5.41) is 5.10. The van der Waals surface area contributed by atoms with Gasteiger partial charge in [-0.05, 0) is 23.8 Å². The van der Waals surface area contributed by atoms with E-state index in [-0.39, 0.29) is 12.5 Å². The van der Waals surface area contributed by atoms with Gasteiger partial charge in [0, 0.05) is 34.2 Å². The minimum atomic E-state index is -0.315. The smallest absolute Gasteiger partial charge is 0.277 e. The summed E-state index contributed by atoms with van der Waals surface area (Å²) in [5.74, 6) is 5.39. The lowest BCUT2D eigenvalue weighted by atomic mass is 10.2. The van der Waals surface area contributed by atoms with E-state index < -0.39 is 0 Å². The molecule has 1 fully saturated rings. The second kappa shape index (κ2) is 9.79. The Balaban J connectivity index is 1.31. The quantitative estimate of drug-likeness (QED) is 0.342. The largest absolute Gasteiger partial charge is 0.484 e. The first-order valence-electron chi connectivity index (χ1n) is 9.54. The van der Waals surface area contributed by atoms with E-state index in [1.807, 2.05) is 70.7 Å². The Hall–Kier alpha value is -2.82. The van der Waals surface area contributed by atoms with E-state index in [0.717, 1.165) is 16.5 Å². The molecule has 1 amide bonds. The average molecular weight is 436 g/mol. The number of benzene rings is 2. The van der Waals surface area contributed by atoms with Gasteiger partial charge in [-0.3, -0.25) is 4.79 Å². The number of thioether (sulfide) groups is 2. The van der Waals surface area contributed by atoms with E-state index in [4.69, 9.17) is 11.2 Å². The molecule has 5 nitrogen and oxygen atoms in total. The van der Waals surface area contributed by atoms with Gasteiger partial charge < -0.3 is 9.30 Å². The number of fused-ring (bicyclic) bond motifs is 1. The highest BCUT2D eigenvalue weighted by Gasteiger charge is 2.18. The second-order valence-electron chi connectivity index (χ2n) is 6.66. The van der Waals surface area contributed by atoms with E-state index in [1.54, 1.807) is 6.21 Å². The highest BCUT2D eigenvalue weighted by molar-refractivity contribution is 8.19. The third kappa shape index (κ3) is 4.84. The molecule has 4 rings (SSSR count). The molecule has 7 heteroatoms. The molecule has 152 valence electrons. The number of hydrazone groups is 1. The molecule has 30 heavy (non-hydrogen) atoms. The molecule has 3 aromatic rings. The van der Waals surface area contributed by atoms with Gasteiger partial charge in [-0.15, -0.1) is 29.9 Å². The lowest BCUT2D eigenvalue weighted by Crippen LogP contribution is -2.24. The van der Waals surface area contributed by atoms with Crippen molar-refractivity contribution in [1.29, 1.82) is 0 Å². The van der Waals surface area contributed by atoms with Crippen LogP contribution in [0, 0.1) is 12.3 Å². The summed E-state index contributed by atoms with van der Waals surface area (Å²) >= 11 is 3.92. The molecule has 0 bridgehead atoms. The molecule has 1 aliphatic rings. The number of hydrogen-bond donors (Lipinski definition) is 1. The number of carbonyl (C=O) groups is 1. The highest BCUT2D eigenvalue weighted by atomic mass is 32.2. The molecule has 0 radical (unpaired) electrons. The third-order valence-electron chi connectivity index (χ3n) is 4.62. The first kappa shape index (κ1) is 20.5. The number of aromatic nitrogens is 1. The maximum atomic E-state index is 12.1. The van der Waals surface area contributed by atoms with Crippen LogP contribution in [0.5, 0.6) is 5.75 Å². The SMILES string of the molecule is C#CCn1cc(/C=N\NC(=O)COc2ccc(C3SCCS3)cc2)c2ccccc21. The Labute approximate surface area is 184 Å². The van der Waals surface area contributed by atoms with Gasteiger partial charge in [-0.1, -0.05) is 36.3 Å². The van der Waals surface area contributed by atoms with Gasteiger partial charge in [0.2, 0.25) is 0 Å². The lowest BCUT2D eigenvalue weighted by molar-refractivity contribution is -0.123. The van der Waals surface area contributed by atoms with E-state index in [1.165, 1.54) is 17.1 Å². The fourth-order valence-electron chi connectivity index (χ4n) is 3.23. The molecule has 0 saturated carbocycles. The van der Waals surface area contributed by atoms with Crippen molar-refractivity contribution in [2.45, 2.75) is 11.1 Å². The monoisotopic (exact) mass is 435 g/mol. The van der Waals surface area contributed by atoms with E-state index >= 15 is 0 Å². The van der Waals surface area contributed by atoms with Crippen LogP contribution in [0.4, 0.5) is 0 Å². The molecule has 0 atom stereocenters. The van der Waals surface area contributed by atoms with Crippen molar-refractivity contribution >= 4 is 46.5 Å². The summed E-state index contributed by atoms with van der Waals surface area (Å²) in [7, 11) is 0. The normalized spacial score (nSPS) is 14.2. The number of nitrogens with zero attached hydrogens (tertiary/aromatic N) is 2. The topological polar surface area (TPSA) is 55.6 Å². The number of amides is 1. The summed E-state index contributed by atoms with van der Waals surface area (Å²) in [6, 6.07) is 15.9. The molecule has 2 aromatic carbocycles. The van der Waals surface area contributed by atoms with Crippen LogP contribution < -0.4 is 10.2 Å². The van der Waals surface area contributed by atoms with Gasteiger partial charge in [-0.2, -0.15) is 5.10 Å². The van der Waals surface area contributed by atoms with Crippen molar-refractivity contribution in [3.8, 4) is 18.1 Å². The van der Waals surface area contributed by atoms with Crippen LogP contribution in [0.1, 0.15) is 15.7 Å². The van der Waals surface area contributed by atoms with Crippen molar-refractivity contribution in [2.24, 2.45) is 5.10 Å². The first-order chi connectivity index (χ1) is 14.7. The fourth-order valence-corrected chi connectivity index (χ4v) is 6.09. The molecule has 2 heterocycles. The Kier molecular flexibility index (Phi) is 6.67. The molecular weight excluding hydrogens is 414 g/mol. The first-order valence-corrected chi connectivity index (χ1v) is 11.6. The number of nitrogens with one attached hydrogen (secondary N) is 1. The number of rotatable bonds is 7. The van der Waals surface area contributed by atoms with Crippen LogP contribution in [-0.2, 0) is 11.3 Å². The third-order valence-corrected chi connectivity index (χ3v) is 7.72. The van der Waals surface area contributed by atoms with E-state index in [0.29, 0.717) is 16.9 Å². The standard InChI is InChI=1S/C23H21N3O2S2/c1-2-11-26-15-18(20-5-3-4-6-21(20)26)14-24-25-22(27)16-28-19-9-7-17(8-10-19)23-29-12-13-30-23/h1,3-10,14-15,23H,11-13,16H2,(H,25,27)/b24-14-. The Morgan fingerprint density at radius 2 is 2.00 bits per heavy atom. The summed E-state index contributed by atoms with van der Waals surface area (Å²) in [4.78, 5) is 12.1. The number of para-hydroxylation sites is 1. The summed E-state index contributed by atoms with van der Waals surface area (Å²) < 4.78 is 8.05. The molecule has 0 aliphatic carbocycles. The van der Waals surface area contributed by atoms with Crippen LogP contribution in [-0.4, -0.2) is 34.8 Å². The van der Waals surface area contributed by atoms with Crippen molar-refractivity contribution in [3.63, 3.8) is 0 Å². The molecule has 1 aromatic heterocycles. The Morgan fingerprint density at radius 1 is 1.23 bits per heavy atom. The van der Waals surface area contributed by atoms with Gasteiger partial charge in [0.1, 0.15) is 5.75 Å². The maximum Gasteiger partial charge on any atom is 0.277 e. The number of hydrogen-bond acceptors (Lipinski definition) is 5. The molecule has 0 spiro atoms. The predicted molar refractivity (Wildman–Crippen MR) is 126 cm³/mol. The van der Waals surface area contributed by atoms with Gasteiger partial charge >= 0.3 is 0 Å². The predicted octanol–water partition coefficient (Wildman–Crippen LogP) is 4.28. The van der Waals surface area contributed by atoms with E-state index in [9.17, 15) is 4.79 Å². The summed E-state index contributed by atoms with van der Waals surface area (Å²) in [6.45, 7) is 0.383. The van der Waals surface area contributed by atoms with Gasteiger partial charge in [0.05, 0.1) is 17.3 Å². The number of ether oxygens (including phenoxy) is 1. The minimum absolute atomic E-state index is 0.0948. The Morgan fingerprint density at radius 3 is 2.77 bits per heavy atom. The van der Waals surface area contributed by atoms with Gasteiger partial charge in [0.15, 0.2) is 6.61 Å². The molecular formula is C23H21N3O2S2. The van der Waals surface area contributed by atoms with Crippen molar-refractivity contribution in [3.05, 3.63) is 65.9 Å². The van der Waals surface area contributed by atoms with Crippen molar-refractivity contribution in [1.82, 2.24) is 9.99 Å². The van der Waals surface area contributed by atoms with Crippen LogP contribution in [0.2, 0.25) is 0 Å². The fraction of sp³-hybridized carbons (Fsp3) is 0.217. The van der Waals surface area contributed by atoms with Gasteiger partial charge in [-0.25, -0.2) is 5.43 Å². The lowest BCUT2D eigenvalue weighted by Gasteiger charge is -2.10. The summed E-state index contributed by atoms with van der Waals surface area (Å²) in [5.41, 5.74) is 5.72. The Bertz CT molecular complexity index is 1090. The zero-order chi connectivity index (χ0) is 20.8. The van der Waals surface area contributed by atoms with Crippen LogP contribution in [0.25, 0.3) is 10.9 Å². The maximum absolute atomic E-state index is 12.1. The number of terminal acetylenes is 1. The van der Waals surface area contributed by atoms with Crippen molar-refractivity contribution < 1.29 is 9.53 Å². The van der Waals surface area contributed by atoms with Crippen LogP contribution >= 0.6 is 23.5 Å². The van der Waals surface area contributed by atoms with Crippen LogP contribution in [0.3, 0.4) is 0 Å². The minimum Gasteiger partial charge on any atom is -0.484 e. The van der Waals surface area contributed by atoms with E-state index in [2.05, 4.69) is 28.6 Å². The zero-order valence-electron chi connectivity index (χ0n) is 16.3. The molecule has 0 unspecified atom stereocenters. The zero-order valence-corrected chi connectivity index (χ0v) is 17.9. The van der Waals surface area contributed by atoms with Gasteiger partial charge in [0.25, 0.3) is 5.91 Å². The van der Waals surface area contributed by atoms with Crippen molar-refractivity contribution in [2.75, 3.05) is 18.1 Å². The number of carbonyl (C=O) groups excluding carboxylic acids is 1. The van der Waals surface area contributed by atoms with Crippen LogP contribution in [0.15, 0.2) is 59.8 Å². The average Bonchev–Trinajstić information content (AvgIpc) is 3.42. The highest BCUT2D eigenvalue weighted by Crippen LogP contribution is 2.45.